The molecular formula is C20H32BrN3O. The number of aryl methyl sites for hydroxylation is 1. The number of aliphatic imine (C=N–C) groups is 1. The quantitative estimate of drug-likeness (QED) is 0.424. The van der Waals surface area contributed by atoms with Crippen LogP contribution in [0.3, 0.4) is 0 Å². The fourth-order valence-corrected chi connectivity index (χ4v) is 3.67. The molecule has 0 radical (unpaired) electrons. The minimum Gasteiger partial charge on any atom is -0.474 e. The van der Waals surface area contributed by atoms with Gasteiger partial charge in [-0.15, -0.1) is 0 Å². The molecule has 1 aromatic heterocycles. The summed E-state index contributed by atoms with van der Waals surface area (Å²) in [6.45, 7) is 9.68. The first-order valence-electron chi connectivity index (χ1n) is 9.52. The first-order chi connectivity index (χ1) is 11.9. The minimum absolute atomic E-state index is 0.282. The molecule has 1 unspecified atom stereocenters. The fraction of sp³-hybridized carbons (Fsp3) is 0.700. The van der Waals surface area contributed by atoms with Gasteiger partial charge in [-0.2, -0.15) is 0 Å². The van der Waals surface area contributed by atoms with Crippen molar-refractivity contribution in [2.24, 2.45) is 16.8 Å². The van der Waals surface area contributed by atoms with Gasteiger partial charge in [0.05, 0.1) is 22.2 Å². The number of aromatic nitrogens is 1. The molecule has 0 amide bonds. The van der Waals surface area contributed by atoms with Crippen LogP contribution in [0.2, 0.25) is 0 Å². The third-order valence-electron chi connectivity index (χ3n) is 5.45. The summed E-state index contributed by atoms with van der Waals surface area (Å²) in [7, 11) is 2.01. The van der Waals surface area contributed by atoms with Gasteiger partial charge in [-0.25, -0.2) is 9.98 Å². The van der Waals surface area contributed by atoms with Crippen LogP contribution in [0.1, 0.15) is 58.6 Å². The second-order valence-electron chi connectivity index (χ2n) is 7.24. The summed E-state index contributed by atoms with van der Waals surface area (Å²) in [5, 5.41) is 0. The largest absolute Gasteiger partial charge is 0.474 e. The van der Waals surface area contributed by atoms with E-state index in [9.17, 15) is 0 Å². The molecule has 1 aromatic rings. The predicted octanol–water partition coefficient (Wildman–Crippen LogP) is 5.75. The second kappa shape index (κ2) is 9.56. The van der Waals surface area contributed by atoms with E-state index in [0.29, 0.717) is 5.88 Å². The smallest absolute Gasteiger partial charge is 0.228 e. The lowest BCUT2D eigenvalue weighted by molar-refractivity contribution is 0.107. The monoisotopic (exact) mass is 409 g/mol. The Bertz CT molecular complexity index is 583. The second-order valence-corrected chi connectivity index (χ2v) is 8.09. The van der Waals surface area contributed by atoms with Crippen LogP contribution >= 0.6 is 15.9 Å². The highest BCUT2D eigenvalue weighted by molar-refractivity contribution is 9.10. The Morgan fingerprint density at radius 1 is 1.36 bits per heavy atom. The zero-order chi connectivity index (χ0) is 18.4. The normalized spacial score (nSPS) is 22.2. The number of hydrogen-bond donors (Lipinski definition) is 0. The maximum Gasteiger partial charge on any atom is 0.228 e. The van der Waals surface area contributed by atoms with Crippen LogP contribution < -0.4 is 4.74 Å². The van der Waals surface area contributed by atoms with E-state index in [0.717, 1.165) is 47.1 Å². The first-order valence-corrected chi connectivity index (χ1v) is 10.3. The molecule has 0 bridgehead atoms. The summed E-state index contributed by atoms with van der Waals surface area (Å²) < 4.78 is 7.09. The molecule has 2 rings (SSSR count). The van der Waals surface area contributed by atoms with Gasteiger partial charge in [0.1, 0.15) is 6.10 Å². The molecule has 0 aromatic carbocycles. The van der Waals surface area contributed by atoms with Crippen molar-refractivity contribution in [3.8, 4) is 5.88 Å². The zero-order valence-corrected chi connectivity index (χ0v) is 17.8. The average Bonchev–Trinajstić information content (AvgIpc) is 2.62. The van der Waals surface area contributed by atoms with Crippen molar-refractivity contribution in [3.05, 3.63) is 16.2 Å². The molecular weight excluding hydrogens is 378 g/mol. The van der Waals surface area contributed by atoms with Gasteiger partial charge in [0.2, 0.25) is 5.88 Å². The topological polar surface area (TPSA) is 37.7 Å². The van der Waals surface area contributed by atoms with Crippen LogP contribution in [-0.2, 0) is 0 Å². The van der Waals surface area contributed by atoms with E-state index in [1.54, 1.807) is 0 Å². The van der Waals surface area contributed by atoms with E-state index >= 15 is 0 Å². The van der Waals surface area contributed by atoms with Crippen LogP contribution in [0.5, 0.6) is 5.88 Å². The van der Waals surface area contributed by atoms with Crippen molar-refractivity contribution in [1.82, 2.24) is 9.88 Å². The highest BCUT2D eigenvalue weighted by atomic mass is 79.9. The van der Waals surface area contributed by atoms with Crippen LogP contribution in [-0.4, -0.2) is 35.9 Å². The molecule has 5 heteroatoms. The van der Waals surface area contributed by atoms with Gasteiger partial charge < -0.3 is 9.64 Å². The maximum absolute atomic E-state index is 6.21. The highest BCUT2D eigenvalue weighted by Crippen LogP contribution is 2.35. The van der Waals surface area contributed by atoms with Crippen LogP contribution in [0.4, 0.5) is 5.69 Å². The number of halogens is 1. The van der Waals surface area contributed by atoms with Crippen molar-refractivity contribution in [2.75, 3.05) is 13.6 Å². The lowest BCUT2D eigenvalue weighted by Gasteiger charge is -2.32. The first kappa shape index (κ1) is 20.2. The molecule has 1 saturated carbocycles. The third-order valence-corrected chi connectivity index (χ3v) is 6.01. The van der Waals surface area contributed by atoms with Crippen molar-refractivity contribution in [2.45, 2.75) is 65.9 Å². The van der Waals surface area contributed by atoms with E-state index in [4.69, 9.17) is 4.74 Å². The van der Waals surface area contributed by atoms with Gasteiger partial charge >= 0.3 is 0 Å². The van der Waals surface area contributed by atoms with Gasteiger partial charge in [0.25, 0.3) is 0 Å². The Balaban J connectivity index is 1.99. The number of rotatable bonds is 7. The van der Waals surface area contributed by atoms with Crippen molar-refractivity contribution in [3.63, 3.8) is 0 Å². The number of hydrogen-bond acceptors (Lipinski definition) is 3. The average molecular weight is 410 g/mol. The molecule has 1 heterocycles. The molecule has 1 aliphatic rings. The van der Waals surface area contributed by atoms with E-state index in [2.05, 4.69) is 46.7 Å². The third kappa shape index (κ3) is 5.70. The SMILES string of the molecule is CCC(C)C1CCC(Oc2nc(C)c(N=CN(C)CC)cc2Br)CC1. The van der Waals surface area contributed by atoms with Crippen molar-refractivity contribution >= 4 is 28.0 Å². The Hall–Kier alpha value is -1.10. The molecule has 1 fully saturated rings. The Morgan fingerprint density at radius 3 is 2.64 bits per heavy atom. The van der Waals surface area contributed by atoms with Crippen molar-refractivity contribution < 1.29 is 4.74 Å². The lowest BCUT2D eigenvalue weighted by Crippen LogP contribution is -2.27. The highest BCUT2D eigenvalue weighted by Gasteiger charge is 2.26. The molecule has 0 saturated heterocycles. The molecule has 0 aliphatic heterocycles. The summed E-state index contributed by atoms with van der Waals surface area (Å²) >= 11 is 3.60. The van der Waals surface area contributed by atoms with Gasteiger partial charge in [-0.1, -0.05) is 20.3 Å². The summed E-state index contributed by atoms with van der Waals surface area (Å²) in [5.41, 5.74) is 1.77. The minimum atomic E-state index is 0.282. The van der Waals surface area contributed by atoms with E-state index in [-0.39, 0.29) is 6.10 Å². The Labute approximate surface area is 161 Å². The maximum atomic E-state index is 6.21. The summed E-state index contributed by atoms with van der Waals surface area (Å²) in [4.78, 5) is 11.2. The van der Waals surface area contributed by atoms with Crippen LogP contribution in [0, 0.1) is 18.8 Å². The van der Waals surface area contributed by atoms with Gasteiger partial charge in [-0.05, 0) is 73.4 Å². The predicted molar refractivity (Wildman–Crippen MR) is 109 cm³/mol. The fourth-order valence-electron chi connectivity index (χ4n) is 3.27. The number of nitrogens with zero attached hydrogens (tertiary/aromatic N) is 3. The molecule has 1 atom stereocenters. The molecule has 1 aliphatic carbocycles. The summed E-state index contributed by atoms with van der Waals surface area (Å²) in [6, 6.07) is 2.00. The van der Waals surface area contributed by atoms with E-state index in [1.807, 2.05) is 31.3 Å². The summed E-state index contributed by atoms with van der Waals surface area (Å²) in [5.74, 6) is 2.38. The number of ether oxygens (including phenoxy) is 1. The zero-order valence-electron chi connectivity index (χ0n) is 16.3. The number of pyridine rings is 1. The Morgan fingerprint density at radius 2 is 2.04 bits per heavy atom. The van der Waals surface area contributed by atoms with Crippen LogP contribution in [0.25, 0.3) is 0 Å². The lowest BCUT2D eigenvalue weighted by atomic mass is 9.79. The molecule has 25 heavy (non-hydrogen) atoms. The van der Waals surface area contributed by atoms with Crippen molar-refractivity contribution in [1.29, 1.82) is 0 Å². The molecule has 140 valence electrons. The molecule has 4 nitrogen and oxygen atoms in total. The van der Waals surface area contributed by atoms with E-state index < -0.39 is 0 Å². The van der Waals surface area contributed by atoms with E-state index in [1.165, 1.54) is 19.3 Å². The standard InChI is InChI=1S/C20H32BrN3O/c1-6-14(3)16-8-10-17(11-9-16)25-20-18(21)12-19(15(4)23-20)22-13-24(5)7-2/h12-14,16-17H,6-11H2,1-5H3. The molecule has 0 spiro atoms. The Kier molecular flexibility index (Phi) is 7.73. The van der Waals surface area contributed by atoms with Gasteiger partial charge in [0, 0.05) is 13.6 Å². The van der Waals surface area contributed by atoms with Gasteiger partial charge in [0.15, 0.2) is 0 Å². The van der Waals surface area contributed by atoms with Crippen LogP contribution in [0.15, 0.2) is 15.5 Å². The van der Waals surface area contributed by atoms with Gasteiger partial charge in [-0.3, -0.25) is 0 Å². The molecule has 0 N–H and O–H groups in total. The summed E-state index contributed by atoms with van der Waals surface area (Å²) in [6.07, 6.45) is 8.19.